The van der Waals surface area contributed by atoms with Crippen LogP contribution in [0.1, 0.15) is 20.8 Å². The second-order valence-electron chi connectivity index (χ2n) is 4.11. The summed E-state index contributed by atoms with van der Waals surface area (Å²) in [5.74, 6) is 0.0642. The molecule has 1 aromatic carbocycles. The molecule has 0 saturated heterocycles. The fourth-order valence-corrected chi connectivity index (χ4v) is 1.95. The van der Waals surface area contributed by atoms with Gasteiger partial charge in [-0.3, -0.25) is 4.79 Å². The first-order valence-corrected chi connectivity index (χ1v) is 6.47. The molecular weight excluding hydrogens is 250 g/mol. The van der Waals surface area contributed by atoms with Gasteiger partial charge in [0.05, 0.1) is 11.4 Å². The second-order valence-corrected chi connectivity index (χ2v) is 4.54. The number of nitrogens with zero attached hydrogens (tertiary/aromatic N) is 1. The Labute approximate surface area is 113 Å². The van der Waals surface area contributed by atoms with Crippen molar-refractivity contribution in [1.29, 1.82) is 0 Å². The van der Waals surface area contributed by atoms with Crippen molar-refractivity contribution in [1.82, 2.24) is 4.90 Å². The first kappa shape index (κ1) is 14.6. The van der Waals surface area contributed by atoms with Gasteiger partial charge in [0.15, 0.2) is 0 Å². The number of benzene rings is 1. The van der Waals surface area contributed by atoms with E-state index in [4.69, 9.17) is 17.3 Å². The van der Waals surface area contributed by atoms with Crippen molar-refractivity contribution in [3.63, 3.8) is 0 Å². The van der Waals surface area contributed by atoms with E-state index in [0.717, 1.165) is 5.69 Å². The third-order valence-corrected chi connectivity index (χ3v) is 3.07. The van der Waals surface area contributed by atoms with Gasteiger partial charge in [-0.1, -0.05) is 11.6 Å². The van der Waals surface area contributed by atoms with Gasteiger partial charge in [0.2, 0.25) is 5.91 Å². The Bertz CT molecular complexity index is 419. The summed E-state index contributed by atoms with van der Waals surface area (Å²) in [5, 5.41) is 3.70. The van der Waals surface area contributed by atoms with Crippen molar-refractivity contribution in [2.45, 2.75) is 26.8 Å². The maximum absolute atomic E-state index is 12.1. The average Bonchev–Trinajstić information content (AvgIpc) is 2.34. The Morgan fingerprint density at radius 3 is 2.56 bits per heavy atom. The summed E-state index contributed by atoms with van der Waals surface area (Å²) in [6, 6.07) is 4.88. The fourth-order valence-electron chi connectivity index (χ4n) is 1.77. The van der Waals surface area contributed by atoms with Crippen molar-refractivity contribution in [2.75, 3.05) is 24.1 Å². The van der Waals surface area contributed by atoms with Crippen molar-refractivity contribution < 1.29 is 4.79 Å². The smallest absolute Gasteiger partial charge is 0.244 e. The first-order valence-electron chi connectivity index (χ1n) is 6.09. The quantitative estimate of drug-likeness (QED) is 0.808. The molecule has 1 rings (SSSR count). The number of nitrogens with two attached hydrogens (primary N) is 1. The molecule has 0 fully saturated rings. The zero-order chi connectivity index (χ0) is 13.7. The summed E-state index contributed by atoms with van der Waals surface area (Å²) < 4.78 is 0. The molecule has 1 aromatic rings. The Balaban J connectivity index is 2.75. The van der Waals surface area contributed by atoms with Crippen molar-refractivity contribution >= 4 is 28.9 Å². The molecule has 0 aliphatic heterocycles. The topological polar surface area (TPSA) is 58.4 Å². The third-order valence-electron chi connectivity index (χ3n) is 2.83. The van der Waals surface area contributed by atoms with Crippen molar-refractivity contribution in [3.8, 4) is 0 Å². The Morgan fingerprint density at radius 2 is 2.06 bits per heavy atom. The molecule has 0 spiro atoms. The third kappa shape index (κ3) is 3.53. The van der Waals surface area contributed by atoms with Crippen LogP contribution in [0.15, 0.2) is 18.2 Å². The highest BCUT2D eigenvalue weighted by Crippen LogP contribution is 2.23. The molecule has 0 aliphatic rings. The van der Waals surface area contributed by atoms with E-state index in [1.807, 2.05) is 20.8 Å². The average molecular weight is 270 g/mol. The van der Waals surface area contributed by atoms with Crippen LogP contribution in [0.2, 0.25) is 5.02 Å². The van der Waals surface area contributed by atoms with E-state index in [9.17, 15) is 4.79 Å². The fraction of sp³-hybridized carbons (Fsp3) is 0.462. The zero-order valence-corrected chi connectivity index (χ0v) is 11.8. The van der Waals surface area contributed by atoms with E-state index in [2.05, 4.69) is 5.32 Å². The lowest BCUT2D eigenvalue weighted by Gasteiger charge is -2.24. The summed E-state index contributed by atoms with van der Waals surface area (Å²) in [4.78, 5) is 13.9. The van der Waals surface area contributed by atoms with Crippen LogP contribution in [-0.2, 0) is 4.79 Å². The maximum atomic E-state index is 12.1. The second kappa shape index (κ2) is 6.50. The zero-order valence-electron chi connectivity index (χ0n) is 11.0. The minimum Gasteiger partial charge on any atom is -0.397 e. The highest BCUT2D eigenvalue weighted by molar-refractivity contribution is 6.31. The number of hydrogen-bond donors (Lipinski definition) is 2. The molecule has 3 N–H and O–H groups in total. The van der Waals surface area contributed by atoms with Gasteiger partial charge in [-0.25, -0.2) is 0 Å². The Morgan fingerprint density at radius 1 is 1.44 bits per heavy atom. The SMILES string of the molecule is CCN(CC)C(=O)C(C)Nc1ccc(Cl)cc1N. The Kier molecular flexibility index (Phi) is 5.28. The van der Waals surface area contributed by atoms with Crippen LogP contribution in [0, 0.1) is 0 Å². The molecule has 0 saturated carbocycles. The highest BCUT2D eigenvalue weighted by Gasteiger charge is 2.18. The summed E-state index contributed by atoms with van der Waals surface area (Å²) >= 11 is 5.83. The van der Waals surface area contributed by atoms with Gasteiger partial charge in [-0.05, 0) is 39.0 Å². The molecule has 0 heterocycles. The Hall–Kier alpha value is -1.42. The summed E-state index contributed by atoms with van der Waals surface area (Å²) in [6.45, 7) is 7.17. The first-order chi connectivity index (χ1) is 8.49. The molecule has 1 atom stereocenters. The van der Waals surface area contributed by atoms with E-state index in [1.54, 1.807) is 23.1 Å². The molecule has 0 bridgehead atoms. The van der Waals surface area contributed by atoms with Crippen LogP contribution >= 0.6 is 11.6 Å². The molecule has 100 valence electrons. The molecule has 0 aliphatic carbocycles. The molecule has 4 nitrogen and oxygen atoms in total. The summed E-state index contributed by atoms with van der Waals surface area (Å²) in [7, 11) is 0. The van der Waals surface area contributed by atoms with Crippen LogP contribution in [0.3, 0.4) is 0 Å². The van der Waals surface area contributed by atoms with Gasteiger partial charge in [0, 0.05) is 18.1 Å². The molecule has 1 amide bonds. The summed E-state index contributed by atoms with van der Waals surface area (Å²) in [6.07, 6.45) is 0. The number of anilines is 2. The van der Waals surface area contributed by atoms with Gasteiger partial charge in [-0.2, -0.15) is 0 Å². The number of rotatable bonds is 5. The van der Waals surface area contributed by atoms with Crippen LogP contribution in [0.25, 0.3) is 0 Å². The number of nitrogens with one attached hydrogen (secondary N) is 1. The number of amides is 1. The van der Waals surface area contributed by atoms with Gasteiger partial charge in [0.1, 0.15) is 6.04 Å². The van der Waals surface area contributed by atoms with Crippen LogP contribution in [-0.4, -0.2) is 29.9 Å². The molecule has 0 radical (unpaired) electrons. The van der Waals surface area contributed by atoms with Crippen LogP contribution in [0.4, 0.5) is 11.4 Å². The maximum Gasteiger partial charge on any atom is 0.244 e. The van der Waals surface area contributed by atoms with E-state index in [1.165, 1.54) is 0 Å². The number of carbonyl (C=O) groups is 1. The lowest BCUT2D eigenvalue weighted by molar-refractivity contribution is -0.131. The predicted molar refractivity (Wildman–Crippen MR) is 76.9 cm³/mol. The number of carbonyl (C=O) groups excluding carboxylic acids is 1. The summed E-state index contributed by atoms with van der Waals surface area (Å²) in [5.41, 5.74) is 7.11. The van der Waals surface area contributed by atoms with E-state index in [-0.39, 0.29) is 11.9 Å². The largest absolute Gasteiger partial charge is 0.397 e. The van der Waals surface area contributed by atoms with Gasteiger partial charge in [-0.15, -0.1) is 0 Å². The highest BCUT2D eigenvalue weighted by atomic mass is 35.5. The number of nitrogen functional groups attached to an aromatic ring is 1. The predicted octanol–water partition coefficient (Wildman–Crippen LogP) is 2.59. The van der Waals surface area contributed by atoms with Crippen molar-refractivity contribution in [2.24, 2.45) is 0 Å². The lowest BCUT2D eigenvalue weighted by Crippen LogP contribution is -2.41. The molecule has 0 aromatic heterocycles. The normalized spacial score (nSPS) is 12.0. The number of hydrogen-bond acceptors (Lipinski definition) is 3. The molecule has 18 heavy (non-hydrogen) atoms. The van der Waals surface area contributed by atoms with Gasteiger partial charge >= 0.3 is 0 Å². The lowest BCUT2D eigenvalue weighted by atomic mass is 10.2. The van der Waals surface area contributed by atoms with E-state index >= 15 is 0 Å². The standard InChI is InChI=1S/C13H20ClN3O/c1-4-17(5-2)13(18)9(3)16-12-7-6-10(14)8-11(12)15/h6-9,16H,4-5,15H2,1-3H3. The molecule has 5 heteroatoms. The van der Waals surface area contributed by atoms with E-state index < -0.39 is 0 Å². The molecule has 1 unspecified atom stereocenters. The van der Waals surface area contributed by atoms with E-state index in [0.29, 0.717) is 23.8 Å². The number of likely N-dealkylation sites (N-methyl/N-ethyl adjacent to an activating group) is 1. The van der Waals surface area contributed by atoms with Crippen molar-refractivity contribution in [3.05, 3.63) is 23.2 Å². The van der Waals surface area contributed by atoms with Gasteiger partial charge in [0.25, 0.3) is 0 Å². The minimum atomic E-state index is -0.312. The minimum absolute atomic E-state index is 0.0642. The number of halogens is 1. The van der Waals surface area contributed by atoms with Gasteiger partial charge < -0.3 is 16.0 Å². The molecular formula is C13H20ClN3O. The van der Waals surface area contributed by atoms with Crippen LogP contribution < -0.4 is 11.1 Å². The van der Waals surface area contributed by atoms with Crippen LogP contribution in [0.5, 0.6) is 0 Å². The monoisotopic (exact) mass is 269 g/mol.